The van der Waals surface area contributed by atoms with Gasteiger partial charge in [0.25, 0.3) is 11.8 Å². The molecule has 0 saturated heterocycles. The summed E-state index contributed by atoms with van der Waals surface area (Å²) in [5.41, 5.74) is 7.44. The molecule has 0 radical (unpaired) electrons. The van der Waals surface area contributed by atoms with Crippen molar-refractivity contribution in [2.75, 3.05) is 12.0 Å². The van der Waals surface area contributed by atoms with Crippen molar-refractivity contribution in [1.29, 1.82) is 0 Å². The molecule has 0 atom stereocenters. The number of aryl methyl sites for hydroxylation is 1. The van der Waals surface area contributed by atoms with Gasteiger partial charge in [-0.05, 0) is 37.3 Å². The van der Waals surface area contributed by atoms with Crippen LogP contribution >= 0.6 is 11.6 Å². The molecule has 2 aromatic rings. The first-order chi connectivity index (χ1) is 10.5. The summed E-state index contributed by atoms with van der Waals surface area (Å²) in [4.78, 5) is 23.5. The van der Waals surface area contributed by atoms with Gasteiger partial charge in [-0.3, -0.25) is 20.4 Å². The fourth-order valence-corrected chi connectivity index (χ4v) is 1.91. The van der Waals surface area contributed by atoms with Crippen LogP contribution in [0.2, 0.25) is 5.02 Å². The van der Waals surface area contributed by atoms with Crippen LogP contribution < -0.4 is 16.2 Å². The molecule has 3 N–H and O–H groups in total. The topological polar surface area (TPSA) is 70.2 Å². The first kappa shape index (κ1) is 15.9. The third kappa shape index (κ3) is 4.79. The summed E-state index contributed by atoms with van der Waals surface area (Å²) in [5, 5.41) is 3.11. The summed E-state index contributed by atoms with van der Waals surface area (Å²) in [6.07, 6.45) is 0. The molecule has 0 bridgehead atoms. The minimum Gasteiger partial charge on any atom is -0.343 e. The van der Waals surface area contributed by atoms with Gasteiger partial charge < -0.3 is 5.32 Å². The van der Waals surface area contributed by atoms with Gasteiger partial charge in [0.05, 0.1) is 12.2 Å². The van der Waals surface area contributed by atoms with Crippen LogP contribution in [-0.2, 0) is 4.79 Å². The lowest BCUT2D eigenvalue weighted by molar-refractivity contribution is -0.119. The second-order valence-electron chi connectivity index (χ2n) is 4.73. The standard InChI is InChI=1S/C16H16ClN3O2/c1-11-5-7-12(8-6-11)16(22)18-10-15(21)20-19-14-4-2-3-13(17)9-14/h2-9,19H,10H2,1H3,(H,18,22)(H,20,21). The Kier molecular flexibility index (Phi) is 5.38. The second kappa shape index (κ2) is 7.47. The average molecular weight is 318 g/mol. The number of anilines is 1. The monoisotopic (exact) mass is 317 g/mol. The van der Waals surface area contributed by atoms with E-state index < -0.39 is 0 Å². The summed E-state index contributed by atoms with van der Waals surface area (Å²) in [5.74, 6) is -0.654. The van der Waals surface area contributed by atoms with Gasteiger partial charge in [0, 0.05) is 10.6 Å². The van der Waals surface area contributed by atoms with E-state index in [1.807, 2.05) is 19.1 Å². The Morgan fingerprint density at radius 3 is 2.50 bits per heavy atom. The van der Waals surface area contributed by atoms with Crippen molar-refractivity contribution in [2.24, 2.45) is 0 Å². The van der Waals surface area contributed by atoms with E-state index in [0.717, 1.165) is 5.56 Å². The van der Waals surface area contributed by atoms with E-state index in [2.05, 4.69) is 16.2 Å². The molecule has 0 aliphatic carbocycles. The molecule has 0 spiro atoms. The Balaban J connectivity index is 1.78. The molecule has 0 fully saturated rings. The molecule has 0 aliphatic rings. The maximum atomic E-state index is 11.9. The van der Waals surface area contributed by atoms with Crippen LogP contribution in [0.1, 0.15) is 15.9 Å². The first-order valence-electron chi connectivity index (χ1n) is 6.70. The zero-order chi connectivity index (χ0) is 15.9. The lowest BCUT2D eigenvalue weighted by Crippen LogP contribution is -2.39. The van der Waals surface area contributed by atoms with E-state index in [1.165, 1.54) is 0 Å². The minimum absolute atomic E-state index is 0.125. The molecule has 2 amide bonds. The molecule has 0 saturated carbocycles. The van der Waals surface area contributed by atoms with Crippen molar-refractivity contribution in [2.45, 2.75) is 6.92 Å². The minimum atomic E-state index is -0.361. The lowest BCUT2D eigenvalue weighted by Gasteiger charge is -2.09. The average Bonchev–Trinajstić information content (AvgIpc) is 2.51. The van der Waals surface area contributed by atoms with E-state index in [0.29, 0.717) is 16.3 Å². The summed E-state index contributed by atoms with van der Waals surface area (Å²) < 4.78 is 0. The molecule has 2 aromatic carbocycles. The molecule has 0 aliphatic heterocycles. The normalized spacial score (nSPS) is 9.91. The van der Waals surface area contributed by atoms with Crippen molar-refractivity contribution in [1.82, 2.24) is 10.7 Å². The number of hydrazine groups is 1. The number of nitrogens with one attached hydrogen (secondary N) is 3. The maximum absolute atomic E-state index is 11.9. The van der Waals surface area contributed by atoms with Crippen LogP contribution in [0.5, 0.6) is 0 Å². The summed E-state index contributed by atoms with van der Waals surface area (Å²) in [7, 11) is 0. The van der Waals surface area contributed by atoms with Crippen LogP contribution in [0.25, 0.3) is 0 Å². The fraction of sp³-hybridized carbons (Fsp3) is 0.125. The van der Waals surface area contributed by atoms with Crippen molar-refractivity contribution in [3.8, 4) is 0 Å². The van der Waals surface area contributed by atoms with Gasteiger partial charge in [0.2, 0.25) is 0 Å². The van der Waals surface area contributed by atoms with Crippen molar-refractivity contribution >= 4 is 29.1 Å². The number of carbonyl (C=O) groups is 2. The van der Waals surface area contributed by atoms with E-state index >= 15 is 0 Å². The largest absolute Gasteiger partial charge is 0.343 e. The van der Waals surface area contributed by atoms with Crippen molar-refractivity contribution in [3.05, 3.63) is 64.7 Å². The Hall–Kier alpha value is -2.53. The Bertz CT molecular complexity index is 671. The quantitative estimate of drug-likeness (QED) is 0.742. The number of carbonyl (C=O) groups excluding carboxylic acids is 2. The van der Waals surface area contributed by atoms with Gasteiger partial charge in [-0.15, -0.1) is 0 Å². The highest BCUT2D eigenvalue weighted by atomic mass is 35.5. The molecule has 2 rings (SSSR count). The molecule has 22 heavy (non-hydrogen) atoms. The molecular weight excluding hydrogens is 302 g/mol. The van der Waals surface area contributed by atoms with E-state index in [4.69, 9.17) is 11.6 Å². The number of hydrogen-bond acceptors (Lipinski definition) is 3. The van der Waals surface area contributed by atoms with Gasteiger partial charge in [-0.1, -0.05) is 35.4 Å². The van der Waals surface area contributed by atoms with E-state index in [1.54, 1.807) is 36.4 Å². The van der Waals surface area contributed by atoms with Crippen LogP contribution in [0.4, 0.5) is 5.69 Å². The van der Waals surface area contributed by atoms with Crippen molar-refractivity contribution in [3.63, 3.8) is 0 Å². The Morgan fingerprint density at radius 2 is 1.82 bits per heavy atom. The van der Waals surface area contributed by atoms with Gasteiger partial charge in [-0.2, -0.15) is 0 Å². The van der Waals surface area contributed by atoms with Gasteiger partial charge >= 0.3 is 0 Å². The third-order valence-corrected chi connectivity index (χ3v) is 3.13. The number of benzene rings is 2. The first-order valence-corrected chi connectivity index (χ1v) is 7.08. The van der Waals surface area contributed by atoms with E-state index in [-0.39, 0.29) is 18.4 Å². The molecule has 0 heterocycles. The zero-order valence-corrected chi connectivity index (χ0v) is 12.8. The van der Waals surface area contributed by atoms with Crippen LogP contribution in [-0.4, -0.2) is 18.4 Å². The summed E-state index contributed by atoms with van der Waals surface area (Å²) in [6, 6.07) is 14.0. The summed E-state index contributed by atoms with van der Waals surface area (Å²) in [6.45, 7) is 1.82. The van der Waals surface area contributed by atoms with Crippen LogP contribution in [0, 0.1) is 6.92 Å². The van der Waals surface area contributed by atoms with E-state index in [9.17, 15) is 9.59 Å². The SMILES string of the molecule is Cc1ccc(C(=O)NCC(=O)NNc2cccc(Cl)c2)cc1. The fourth-order valence-electron chi connectivity index (χ4n) is 1.72. The lowest BCUT2D eigenvalue weighted by atomic mass is 10.1. The molecule has 0 aromatic heterocycles. The predicted molar refractivity (Wildman–Crippen MR) is 86.7 cm³/mol. The smallest absolute Gasteiger partial charge is 0.257 e. The Labute approximate surface area is 133 Å². The second-order valence-corrected chi connectivity index (χ2v) is 5.17. The van der Waals surface area contributed by atoms with Gasteiger partial charge in [0.1, 0.15) is 0 Å². The molecule has 114 valence electrons. The van der Waals surface area contributed by atoms with Crippen LogP contribution in [0.3, 0.4) is 0 Å². The Morgan fingerprint density at radius 1 is 1.09 bits per heavy atom. The summed E-state index contributed by atoms with van der Waals surface area (Å²) >= 11 is 5.83. The number of hydrogen-bond donors (Lipinski definition) is 3. The van der Waals surface area contributed by atoms with Gasteiger partial charge in [0.15, 0.2) is 0 Å². The highest BCUT2D eigenvalue weighted by molar-refractivity contribution is 6.30. The van der Waals surface area contributed by atoms with Crippen LogP contribution in [0.15, 0.2) is 48.5 Å². The maximum Gasteiger partial charge on any atom is 0.257 e. The molecular formula is C16H16ClN3O2. The zero-order valence-electron chi connectivity index (χ0n) is 12.0. The molecule has 6 heteroatoms. The number of halogens is 1. The predicted octanol–water partition coefficient (Wildman–Crippen LogP) is 2.52. The molecule has 5 nitrogen and oxygen atoms in total. The highest BCUT2D eigenvalue weighted by Gasteiger charge is 2.07. The third-order valence-electron chi connectivity index (χ3n) is 2.89. The van der Waals surface area contributed by atoms with Crippen molar-refractivity contribution < 1.29 is 9.59 Å². The number of rotatable bonds is 5. The number of amides is 2. The van der Waals surface area contributed by atoms with Gasteiger partial charge in [-0.25, -0.2) is 0 Å². The molecule has 0 unspecified atom stereocenters. The highest BCUT2D eigenvalue weighted by Crippen LogP contribution is 2.13.